The molecule has 25 heteroatoms. The Morgan fingerprint density at radius 1 is 0.333 bits per heavy atom. The predicted molar refractivity (Wildman–Crippen MR) is 72.3 cm³/mol. The van der Waals surface area contributed by atoms with Gasteiger partial charge in [0.2, 0.25) is 24.7 Å². The number of ether oxygens (including phenoxy) is 1. The van der Waals surface area contributed by atoms with Gasteiger partial charge in [0.05, 0.1) is 0 Å². The molecule has 0 N–H and O–H groups in total. The molecule has 0 aromatic rings. The summed E-state index contributed by atoms with van der Waals surface area (Å²) >= 11 is 0. The fraction of sp³-hybridized carbons (Fsp3) is 1.00. The van der Waals surface area contributed by atoms with Crippen LogP contribution >= 0.6 is 0 Å². The Hall–Kier alpha value is -1.72. The minimum absolute atomic E-state index is 1.34. The maximum Gasteiger partial charge on any atom is 0.451 e. The third-order valence-corrected chi connectivity index (χ3v) is 4.38. The molecule has 39 heavy (non-hydrogen) atoms. The largest absolute Gasteiger partial charge is 0.451 e. The van der Waals surface area contributed by atoms with Crippen molar-refractivity contribution in [2.45, 2.75) is 85.3 Å². The first-order valence-electron chi connectivity index (χ1n) is 8.58. The summed E-state index contributed by atoms with van der Waals surface area (Å²) in [4.78, 5) is 0. The molecule has 0 saturated heterocycles. The third-order valence-electron chi connectivity index (χ3n) is 4.38. The smallest absolute Gasteiger partial charge is 0.289 e. The summed E-state index contributed by atoms with van der Waals surface area (Å²) in [6, 6.07) is 0. The molecule has 6 atom stereocenters. The molecule has 1 nitrogen and oxygen atoms in total. The molecule has 0 heterocycles. The summed E-state index contributed by atoms with van der Waals surface area (Å²) in [6.45, 7) is 0. The molecular formula is C14H6F24O. The van der Waals surface area contributed by atoms with E-state index in [2.05, 4.69) is 0 Å². The van der Waals surface area contributed by atoms with E-state index in [1.807, 2.05) is 0 Å². The lowest BCUT2D eigenvalue weighted by Crippen LogP contribution is -2.71. The van der Waals surface area contributed by atoms with E-state index in [-0.39, 0.29) is 0 Å². The Kier molecular flexibility index (Phi) is 10.1. The van der Waals surface area contributed by atoms with Gasteiger partial charge in [-0.2, -0.15) is 70.2 Å². The van der Waals surface area contributed by atoms with Gasteiger partial charge in [-0.25, -0.2) is 35.1 Å². The van der Waals surface area contributed by atoms with Crippen molar-refractivity contribution in [1.82, 2.24) is 0 Å². The minimum atomic E-state index is -8.31. The monoisotopic (exact) mass is 646 g/mol. The molecular weight excluding hydrogens is 640 g/mol. The molecule has 0 amide bonds. The summed E-state index contributed by atoms with van der Waals surface area (Å²) in [5.41, 5.74) is 0. The van der Waals surface area contributed by atoms with Crippen molar-refractivity contribution in [3.8, 4) is 0 Å². The maximum absolute atomic E-state index is 14.2. The molecule has 0 bridgehead atoms. The van der Waals surface area contributed by atoms with Crippen LogP contribution in [0.15, 0.2) is 0 Å². The number of hydrogen-bond donors (Lipinski definition) is 0. The standard InChI is InChI=1S/C14H6F24O/c15-1(3(17)18)7(23,24)9(27,28)5(21)11(31,13(33,34)35)39-12(32,14(36,37)38)6(22)10(29,30)8(25,26)2(16)4(19)20/h1-6H. The van der Waals surface area contributed by atoms with E-state index >= 15 is 0 Å². The first kappa shape index (κ1) is 37.3. The zero-order chi connectivity index (χ0) is 32.2. The number of rotatable bonds is 12. The summed E-state index contributed by atoms with van der Waals surface area (Å²) < 4.78 is 315. The topological polar surface area (TPSA) is 9.23 Å². The van der Waals surface area contributed by atoms with Gasteiger partial charge in [-0.05, 0) is 0 Å². The lowest BCUT2D eigenvalue weighted by atomic mass is 9.94. The van der Waals surface area contributed by atoms with Crippen molar-refractivity contribution in [3.63, 3.8) is 0 Å². The molecule has 0 aromatic carbocycles. The molecule has 0 aliphatic rings. The average molecular weight is 646 g/mol. The highest BCUT2D eigenvalue weighted by atomic mass is 19.4. The maximum atomic E-state index is 14.2. The van der Waals surface area contributed by atoms with E-state index in [1.165, 1.54) is 4.74 Å². The average Bonchev–Trinajstić information content (AvgIpc) is 2.74. The van der Waals surface area contributed by atoms with Gasteiger partial charge in [0.15, 0.2) is 0 Å². The predicted octanol–water partition coefficient (Wildman–Crippen LogP) is 7.88. The van der Waals surface area contributed by atoms with Gasteiger partial charge < -0.3 is 0 Å². The number of alkyl halides is 24. The lowest BCUT2D eigenvalue weighted by molar-refractivity contribution is -0.481. The van der Waals surface area contributed by atoms with Gasteiger partial charge in [0.25, 0.3) is 12.9 Å². The number of halogens is 24. The fourth-order valence-electron chi connectivity index (χ4n) is 2.21. The molecule has 236 valence electrons. The lowest BCUT2D eigenvalue weighted by Gasteiger charge is -2.43. The van der Waals surface area contributed by atoms with Gasteiger partial charge in [0.1, 0.15) is 0 Å². The SMILES string of the molecule is FC(F)C(F)C(F)(F)C(F)(F)C(F)C(F)(OC(F)(C(F)C(F)(F)C(F)(F)C(F)C(F)F)C(F)(F)F)C(F)(F)F. The Bertz CT molecular complexity index is 751. The zero-order valence-electron chi connectivity index (χ0n) is 16.9. The van der Waals surface area contributed by atoms with Crippen molar-refractivity contribution in [1.29, 1.82) is 0 Å². The Labute approximate surface area is 197 Å². The van der Waals surface area contributed by atoms with Gasteiger partial charge in [-0.3, -0.25) is 4.74 Å². The second-order valence-corrected chi connectivity index (χ2v) is 7.08. The summed E-state index contributed by atoms with van der Waals surface area (Å²) in [5.74, 6) is -47.9. The van der Waals surface area contributed by atoms with Gasteiger partial charge >= 0.3 is 47.8 Å². The fourth-order valence-corrected chi connectivity index (χ4v) is 2.21. The van der Waals surface area contributed by atoms with Crippen molar-refractivity contribution in [2.75, 3.05) is 0 Å². The van der Waals surface area contributed by atoms with E-state index in [0.29, 0.717) is 0 Å². The van der Waals surface area contributed by atoms with Gasteiger partial charge in [-0.1, -0.05) is 0 Å². The molecule has 0 fully saturated rings. The van der Waals surface area contributed by atoms with Crippen molar-refractivity contribution in [2.24, 2.45) is 0 Å². The van der Waals surface area contributed by atoms with E-state index in [1.54, 1.807) is 0 Å². The van der Waals surface area contributed by atoms with Crippen LogP contribution in [0, 0.1) is 0 Å². The molecule has 0 radical (unpaired) electrons. The molecule has 0 aliphatic carbocycles. The van der Waals surface area contributed by atoms with Crippen molar-refractivity contribution < 1.29 is 110 Å². The summed E-state index contributed by atoms with van der Waals surface area (Å²) in [7, 11) is 0. The van der Waals surface area contributed by atoms with Crippen LogP contribution in [0.2, 0.25) is 0 Å². The second-order valence-electron chi connectivity index (χ2n) is 7.08. The highest BCUT2D eigenvalue weighted by molar-refractivity contribution is 5.09. The van der Waals surface area contributed by atoms with Crippen LogP contribution in [0.3, 0.4) is 0 Å². The van der Waals surface area contributed by atoms with Crippen LogP contribution in [-0.4, -0.2) is 85.3 Å². The quantitative estimate of drug-likeness (QED) is 0.196. The van der Waals surface area contributed by atoms with Crippen LogP contribution in [0.1, 0.15) is 0 Å². The number of hydrogen-bond acceptors (Lipinski definition) is 1. The first-order chi connectivity index (χ1) is 16.7. The molecule has 0 saturated carbocycles. The van der Waals surface area contributed by atoms with E-state index in [0.717, 1.165) is 0 Å². The molecule has 0 aliphatic heterocycles. The van der Waals surface area contributed by atoms with Crippen LogP contribution < -0.4 is 0 Å². The Morgan fingerprint density at radius 3 is 0.692 bits per heavy atom. The Balaban J connectivity index is 7.24. The van der Waals surface area contributed by atoms with Crippen LogP contribution in [-0.2, 0) is 4.74 Å². The highest BCUT2D eigenvalue weighted by Gasteiger charge is 2.85. The summed E-state index contributed by atoms with van der Waals surface area (Å²) in [6.07, 6.45) is -53.2. The highest BCUT2D eigenvalue weighted by Crippen LogP contribution is 2.57. The third kappa shape index (κ3) is 6.00. The zero-order valence-corrected chi connectivity index (χ0v) is 16.9. The van der Waals surface area contributed by atoms with Crippen molar-refractivity contribution in [3.05, 3.63) is 0 Å². The first-order valence-corrected chi connectivity index (χ1v) is 8.58. The molecule has 0 spiro atoms. The van der Waals surface area contributed by atoms with E-state index < -0.39 is 85.3 Å². The van der Waals surface area contributed by atoms with E-state index in [9.17, 15) is 105 Å². The molecule has 0 aromatic heterocycles. The van der Waals surface area contributed by atoms with E-state index in [4.69, 9.17) is 0 Å². The van der Waals surface area contributed by atoms with Crippen molar-refractivity contribution >= 4 is 0 Å². The minimum Gasteiger partial charge on any atom is -0.289 e. The molecule has 0 rings (SSSR count). The van der Waals surface area contributed by atoms with Crippen LogP contribution in [0.5, 0.6) is 0 Å². The second kappa shape index (κ2) is 10.6. The normalized spacial score (nSPS) is 21.4. The van der Waals surface area contributed by atoms with Crippen LogP contribution in [0.25, 0.3) is 0 Å². The molecule has 6 unspecified atom stereocenters. The Morgan fingerprint density at radius 2 is 0.538 bits per heavy atom. The van der Waals surface area contributed by atoms with Gasteiger partial charge in [0, 0.05) is 0 Å². The summed E-state index contributed by atoms with van der Waals surface area (Å²) in [5, 5.41) is 0. The van der Waals surface area contributed by atoms with Crippen LogP contribution in [0.4, 0.5) is 105 Å². The van der Waals surface area contributed by atoms with Gasteiger partial charge in [-0.15, -0.1) is 0 Å².